The summed E-state index contributed by atoms with van der Waals surface area (Å²) in [4.78, 5) is 19.1. The van der Waals surface area contributed by atoms with E-state index >= 15 is 0 Å². The van der Waals surface area contributed by atoms with Crippen LogP contribution in [0.4, 0.5) is 0 Å². The van der Waals surface area contributed by atoms with E-state index in [1.807, 2.05) is 11.1 Å². The second-order valence-corrected chi connectivity index (χ2v) is 6.46. The molecule has 1 unspecified atom stereocenters. The fourth-order valence-corrected chi connectivity index (χ4v) is 3.50. The summed E-state index contributed by atoms with van der Waals surface area (Å²) >= 11 is 0. The van der Waals surface area contributed by atoms with Gasteiger partial charge in [0.1, 0.15) is 12.1 Å². The first kappa shape index (κ1) is 13.6. The number of carbonyl (C=O) groups is 1. The monoisotopic (exact) mass is 299 g/mol. The number of hydrogen-bond acceptors (Lipinski definition) is 3. The Morgan fingerprint density at radius 3 is 2.95 bits per heavy atom. The first-order valence-electron chi connectivity index (χ1n) is 8.09. The molecule has 2 aromatic heterocycles. The minimum absolute atomic E-state index is 0.0733. The van der Waals surface area contributed by atoms with E-state index in [2.05, 4.69) is 16.5 Å². The first-order valence-corrected chi connectivity index (χ1v) is 8.09. The van der Waals surface area contributed by atoms with Crippen molar-refractivity contribution in [3.63, 3.8) is 0 Å². The molecule has 0 radical (unpaired) electrons. The highest BCUT2D eigenvalue weighted by Crippen LogP contribution is 2.41. The van der Waals surface area contributed by atoms with Crippen molar-refractivity contribution in [3.8, 4) is 0 Å². The van der Waals surface area contributed by atoms with Crippen molar-refractivity contribution < 1.29 is 9.21 Å². The van der Waals surface area contributed by atoms with E-state index in [-0.39, 0.29) is 5.91 Å². The zero-order valence-corrected chi connectivity index (χ0v) is 12.9. The third-order valence-electron chi connectivity index (χ3n) is 4.77. The molecule has 1 amide bonds. The van der Waals surface area contributed by atoms with Crippen molar-refractivity contribution in [2.75, 3.05) is 13.1 Å². The Morgan fingerprint density at radius 2 is 2.23 bits per heavy atom. The average molecular weight is 299 g/mol. The lowest BCUT2D eigenvalue weighted by Crippen LogP contribution is -2.41. The summed E-state index contributed by atoms with van der Waals surface area (Å²) in [5.74, 6) is 1.93. The highest BCUT2D eigenvalue weighted by atomic mass is 16.3. The molecule has 5 heteroatoms. The minimum Gasteiger partial charge on any atom is -0.472 e. The second kappa shape index (κ2) is 5.30. The molecule has 116 valence electrons. The topological polar surface area (TPSA) is 51.3 Å². The Hall–Kier alpha value is -2.04. The molecule has 22 heavy (non-hydrogen) atoms. The lowest BCUT2D eigenvalue weighted by molar-refractivity contribution is 0.0676. The Labute approximate surface area is 129 Å². The van der Waals surface area contributed by atoms with E-state index in [9.17, 15) is 4.79 Å². The number of aromatic nitrogens is 2. The number of rotatable bonds is 3. The van der Waals surface area contributed by atoms with Crippen molar-refractivity contribution in [1.82, 2.24) is 14.5 Å². The molecule has 3 heterocycles. The number of likely N-dealkylation sites (tertiary alicyclic amines) is 1. The van der Waals surface area contributed by atoms with Gasteiger partial charge in [-0.05, 0) is 38.7 Å². The van der Waals surface area contributed by atoms with Gasteiger partial charge in [-0.25, -0.2) is 4.98 Å². The molecule has 1 saturated heterocycles. The van der Waals surface area contributed by atoms with Gasteiger partial charge in [-0.2, -0.15) is 0 Å². The van der Waals surface area contributed by atoms with Gasteiger partial charge >= 0.3 is 0 Å². The molecule has 4 rings (SSSR count). The van der Waals surface area contributed by atoms with Crippen LogP contribution in [0, 0.1) is 6.92 Å². The van der Waals surface area contributed by atoms with Crippen LogP contribution in [0.1, 0.15) is 59.5 Å². The molecule has 0 spiro atoms. The molecule has 1 aliphatic carbocycles. The van der Waals surface area contributed by atoms with E-state index in [1.54, 1.807) is 12.3 Å². The molecule has 1 saturated carbocycles. The number of hydrogen-bond donors (Lipinski definition) is 0. The predicted molar refractivity (Wildman–Crippen MR) is 81.8 cm³/mol. The first-order chi connectivity index (χ1) is 10.7. The maximum Gasteiger partial charge on any atom is 0.257 e. The fourth-order valence-electron chi connectivity index (χ4n) is 3.50. The number of furan rings is 1. The van der Waals surface area contributed by atoms with Crippen LogP contribution in [0.2, 0.25) is 0 Å². The third-order valence-corrected chi connectivity index (χ3v) is 4.77. The Kier molecular flexibility index (Phi) is 3.28. The number of amides is 1. The SMILES string of the molecule is Cc1cnc(C2CC2)n1C1CCCN(C(=O)c2ccoc2)C1. The van der Waals surface area contributed by atoms with Crippen LogP contribution in [0.5, 0.6) is 0 Å². The Morgan fingerprint density at radius 1 is 1.36 bits per heavy atom. The van der Waals surface area contributed by atoms with Crippen molar-refractivity contribution in [3.05, 3.63) is 41.9 Å². The number of aryl methyl sites for hydroxylation is 1. The molecular formula is C17H21N3O2. The maximum absolute atomic E-state index is 12.5. The van der Waals surface area contributed by atoms with E-state index in [0.717, 1.165) is 25.9 Å². The van der Waals surface area contributed by atoms with Crippen LogP contribution < -0.4 is 0 Å². The highest BCUT2D eigenvalue weighted by Gasteiger charge is 2.33. The standard InChI is InChI=1S/C17H21N3O2/c1-12-9-18-16(13-4-5-13)20(12)15-3-2-7-19(10-15)17(21)14-6-8-22-11-14/h6,8-9,11,13,15H,2-5,7,10H2,1H3. The molecule has 2 aromatic rings. The number of carbonyl (C=O) groups excluding carboxylic acids is 1. The van der Waals surface area contributed by atoms with E-state index < -0.39 is 0 Å². The lowest BCUT2D eigenvalue weighted by atomic mass is 10.0. The molecular weight excluding hydrogens is 278 g/mol. The van der Waals surface area contributed by atoms with Crippen LogP contribution in [-0.4, -0.2) is 33.4 Å². The lowest BCUT2D eigenvalue weighted by Gasteiger charge is -2.34. The minimum atomic E-state index is 0.0733. The van der Waals surface area contributed by atoms with Crippen LogP contribution in [0.3, 0.4) is 0 Å². The molecule has 1 atom stereocenters. The van der Waals surface area contributed by atoms with Gasteiger partial charge in [-0.15, -0.1) is 0 Å². The third kappa shape index (κ3) is 2.34. The van der Waals surface area contributed by atoms with Gasteiger partial charge < -0.3 is 13.9 Å². The summed E-state index contributed by atoms with van der Waals surface area (Å²) in [5, 5.41) is 0. The van der Waals surface area contributed by atoms with Gasteiger partial charge in [-0.1, -0.05) is 0 Å². The molecule has 1 aliphatic heterocycles. The van der Waals surface area contributed by atoms with Crippen LogP contribution in [0.15, 0.2) is 29.2 Å². The number of imidazole rings is 1. The Bertz CT molecular complexity index is 670. The Balaban J connectivity index is 1.56. The molecule has 5 nitrogen and oxygen atoms in total. The van der Waals surface area contributed by atoms with Crippen molar-refractivity contribution in [2.45, 2.75) is 44.6 Å². The molecule has 2 aliphatic rings. The zero-order valence-electron chi connectivity index (χ0n) is 12.9. The summed E-state index contributed by atoms with van der Waals surface area (Å²) < 4.78 is 7.42. The van der Waals surface area contributed by atoms with Gasteiger partial charge in [0.2, 0.25) is 0 Å². The molecule has 0 N–H and O–H groups in total. The molecule has 0 aromatic carbocycles. The molecule has 2 fully saturated rings. The van der Waals surface area contributed by atoms with Gasteiger partial charge in [0, 0.05) is 30.9 Å². The van der Waals surface area contributed by atoms with Gasteiger partial charge in [0.15, 0.2) is 0 Å². The summed E-state index contributed by atoms with van der Waals surface area (Å²) in [5.41, 5.74) is 1.86. The van der Waals surface area contributed by atoms with Crippen molar-refractivity contribution >= 4 is 5.91 Å². The van der Waals surface area contributed by atoms with E-state index in [4.69, 9.17) is 4.42 Å². The summed E-state index contributed by atoms with van der Waals surface area (Å²) in [6, 6.07) is 2.09. The van der Waals surface area contributed by atoms with E-state index in [0.29, 0.717) is 17.5 Å². The van der Waals surface area contributed by atoms with E-state index in [1.165, 1.54) is 30.6 Å². The maximum atomic E-state index is 12.5. The predicted octanol–water partition coefficient (Wildman–Crippen LogP) is 3.14. The van der Waals surface area contributed by atoms with Crippen molar-refractivity contribution in [1.29, 1.82) is 0 Å². The number of piperidine rings is 1. The normalized spacial score (nSPS) is 22.0. The van der Waals surface area contributed by atoms with Crippen molar-refractivity contribution in [2.24, 2.45) is 0 Å². The summed E-state index contributed by atoms with van der Waals surface area (Å²) in [7, 11) is 0. The van der Waals surface area contributed by atoms with Crippen LogP contribution in [0.25, 0.3) is 0 Å². The highest BCUT2D eigenvalue weighted by molar-refractivity contribution is 5.93. The summed E-state index contributed by atoms with van der Waals surface area (Å²) in [6.45, 7) is 3.71. The summed E-state index contributed by atoms with van der Waals surface area (Å²) in [6.07, 6.45) is 9.72. The van der Waals surface area contributed by atoms with Gasteiger partial charge in [0.25, 0.3) is 5.91 Å². The average Bonchev–Trinajstić information content (AvgIpc) is 3.09. The smallest absolute Gasteiger partial charge is 0.257 e. The quantitative estimate of drug-likeness (QED) is 0.875. The van der Waals surface area contributed by atoms with Gasteiger partial charge in [-0.3, -0.25) is 4.79 Å². The van der Waals surface area contributed by atoms with Crippen LogP contribution in [-0.2, 0) is 0 Å². The largest absolute Gasteiger partial charge is 0.472 e. The second-order valence-electron chi connectivity index (χ2n) is 6.46. The zero-order chi connectivity index (χ0) is 15.1. The molecule has 0 bridgehead atoms. The van der Waals surface area contributed by atoms with Gasteiger partial charge in [0.05, 0.1) is 17.9 Å². The van der Waals surface area contributed by atoms with Crippen LogP contribution >= 0.6 is 0 Å². The number of nitrogens with zero attached hydrogens (tertiary/aromatic N) is 3. The fraction of sp³-hybridized carbons (Fsp3) is 0.529.